The Balaban J connectivity index is 2.38. The van der Waals surface area contributed by atoms with Crippen LogP contribution in [0.15, 0.2) is 15.9 Å². The van der Waals surface area contributed by atoms with Gasteiger partial charge in [0.05, 0.1) is 0 Å². The molecule has 1 rings (SSSR count). The van der Waals surface area contributed by atoms with Crippen molar-refractivity contribution in [3.05, 3.63) is 20.8 Å². The molecular formula is C11H18BrNS2. The van der Waals surface area contributed by atoms with Crippen molar-refractivity contribution in [2.24, 2.45) is 0 Å². The fourth-order valence-electron chi connectivity index (χ4n) is 1.44. The third kappa shape index (κ3) is 4.89. The van der Waals surface area contributed by atoms with E-state index in [-0.39, 0.29) is 0 Å². The zero-order chi connectivity index (χ0) is 11.3. The predicted molar refractivity (Wildman–Crippen MR) is 76.0 cm³/mol. The molecule has 0 fully saturated rings. The smallest absolute Gasteiger partial charge is 0.0388 e. The lowest BCUT2D eigenvalue weighted by Crippen LogP contribution is -2.28. The van der Waals surface area contributed by atoms with Crippen LogP contribution in [0.25, 0.3) is 0 Å². The SMILES string of the molecule is CSCCC(C)NC(C)c1cc(Br)cs1. The van der Waals surface area contributed by atoms with Crippen LogP contribution in [-0.4, -0.2) is 18.1 Å². The van der Waals surface area contributed by atoms with Crippen LogP contribution in [0.3, 0.4) is 0 Å². The Morgan fingerprint density at radius 1 is 1.53 bits per heavy atom. The minimum atomic E-state index is 0.457. The molecule has 86 valence electrons. The van der Waals surface area contributed by atoms with E-state index in [9.17, 15) is 0 Å². The van der Waals surface area contributed by atoms with E-state index in [4.69, 9.17) is 0 Å². The molecule has 0 aliphatic rings. The highest BCUT2D eigenvalue weighted by molar-refractivity contribution is 9.10. The van der Waals surface area contributed by atoms with E-state index >= 15 is 0 Å². The van der Waals surface area contributed by atoms with Crippen LogP contribution in [0.4, 0.5) is 0 Å². The van der Waals surface area contributed by atoms with Crippen molar-refractivity contribution in [1.82, 2.24) is 5.32 Å². The Labute approximate surface area is 109 Å². The van der Waals surface area contributed by atoms with Gasteiger partial charge in [0.1, 0.15) is 0 Å². The molecule has 0 saturated heterocycles. The molecule has 0 aromatic carbocycles. The molecule has 1 nitrogen and oxygen atoms in total. The van der Waals surface area contributed by atoms with E-state index in [1.807, 2.05) is 23.1 Å². The molecule has 2 atom stereocenters. The number of hydrogen-bond acceptors (Lipinski definition) is 3. The van der Waals surface area contributed by atoms with Gasteiger partial charge in [0, 0.05) is 26.8 Å². The Bertz CT molecular complexity index is 288. The normalized spacial score (nSPS) is 15.2. The average Bonchev–Trinajstić information content (AvgIpc) is 2.61. The highest BCUT2D eigenvalue weighted by Crippen LogP contribution is 2.25. The highest BCUT2D eigenvalue weighted by atomic mass is 79.9. The van der Waals surface area contributed by atoms with Crippen molar-refractivity contribution in [2.45, 2.75) is 32.4 Å². The molecule has 0 aliphatic carbocycles. The number of hydrogen-bond donors (Lipinski definition) is 1. The Kier molecular flexibility index (Phi) is 6.27. The minimum absolute atomic E-state index is 0.457. The Hall–Kier alpha value is 0.490. The summed E-state index contributed by atoms with van der Waals surface area (Å²) in [5.74, 6) is 1.23. The van der Waals surface area contributed by atoms with Crippen LogP contribution in [0, 0.1) is 0 Å². The second kappa shape index (κ2) is 6.94. The molecule has 2 unspecified atom stereocenters. The molecule has 4 heteroatoms. The summed E-state index contributed by atoms with van der Waals surface area (Å²) >= 11 is 7.21. The summed E-state index contributed by atoms with van der Waals surface area (Å²) < 4.78 is 1.19. The molecule has 1 N–H and O–H groups in total. The quantitative estimate of drug-likeness (QED) is 0.841. The number of thiophene rings is 1. The van der Waals surface area contributed by atoms with Crippen LogP contribution in [0.5, 0.6) is 0 Å². The van der Waals surface area contributed by atoms with E-state index in [0.717, 1.165) is 0 Å². The van der Waals surface area contributed by atoms with Crippen molar-refractivity contribution < 1.29 is 0 Å². The van der Waals surface area contributed by atoms with E-state index in [1.54, 1.807) is 0 Å². The standard InChI is InChI=1S/C11H18BrNS2/c1-8(4-5-14-3)13-9(2)11-6-10(12)7-15-11/h6-9,13H,4-5H2,1-3H3. The van der Waals surface area contributed by atoms with Gasteiger partial charge < -0.3 is 5.32 Å². The maximum atomic E-state index is 3.62. The molecular weight excluding hydrogens is 290 g/mol. The Morgan fingerprint density at radius 3 is 2.80 bits per heavy atom. The van der Waals surface area contributed by atoms with Gasteiger partial charge in [-0.1, -0.05) is 0 Å². The van der Waals surface area contributed by atoms with E-state index < -0.39 is 0 Å². The highest BCUT2D eigenvalue weighted by Gasteiger charge is 2.10. The molecule has 1 heterocycles. The third-order valence-corrected chi connectivity index (χ3v) is 4.82. The first-order valence-electron chi connectivity index (χ1n) is 5.12. The average molecular weight is 308 g/mol. The fraction of sp³-hybridized carbons (Fsp3) is 0.636. The topological polar surface area (TPSA) is 12.0 Å². The maximum absolute atomic E-state index is 3.62. The van der Waals surface area contributed by atoms with E-state index in [1.165, 1.54) is 21.5 Å². The molecule has 0 aliphatic heterocycles. The van der Waals surface area contributed by atoms with Crippen LogP contribution in [-0.2, 0) is 0 Å². The summed E-state index contributed by atoms with van der Waals surface area (Å²) in [4.78, 5) is 1.40. The molecule has 0 radical (unpaired) electrons. The van der Waals surface area contributed by atoms with Crippen LogP contribution in [0.1, 0.15) is 31.2 Å². The summed E-state index contributed by atoms with van der Waals surface area (Å²) in [7, 11) is 0. The molecule has 0 spiro atoms. The van der Waals surface area contributed by atoms with E-state index in [0.29, 0.717) is 12.1 Å². The lowest BCUT2D eigenvalue weighted by atomic mass is 10.2. The van der Waals surface area contributed by atoms with Gasteiger partial charge in [-0.25, -0.2) is 0 Å². The number of rotatable bonds is 6. The molecule has 1 aromatic rings. The van der Waals surface area contributed by atoms with Gasteiger partial charge >= 0.3 is 0 Å². The van der Waals surface area contributed by atoms with Crippen molar-refractivity contribution >= 4 is 39.0 Å². The first-order valence-corrected chi connectivity index (χ1v) is 8.19. The second-order valence-corrected chi connectivity index (χ2v) is 6.58. The van der Waals surface area contributed by atoms with Gasteiger partial charge in [0.2, 0.25) is 0 Å². The zero-order valence-corrected chi connectivity index (χ0v) is 12.6. The van der Waals surface area contributed by atoms with Crippen molar-refractivity contribution in [2.75, 3.05) is 12.0 Å². The van der Waals surface area contributed by atoms with Crippen LogP contribution >= 0.6 is 39.0 Å². The number of nitrogens with one attached hydrogen (secondary N) is 1. The van der Waals surface area contributed by atoms with Crippen molar-refractivity contribution in [1.29, 1.82) is 0 Å². The van der Waals surface area contributed by atoms with Gasteiger partial charge in [0.25, 0.3) is 0 Å². The number of halogens is 1. The van der Waals surface area contributed by atoms with E-state index in [2.05, 4.69) is 52.8 Å². The first kappa shape index (κ1) is 13.6. The largest absolute Gasteiger partial charge is 0.307 e. The van der Waals surface area contributed by atoms with Gasteiger partial charge in [-0.15, -0.1) is 11.3 Å². The molecule has 0 bridgehead atoms. The molecule has 1 aromatic heterocycles. The van der Waals surface area contributed by atoms with Crippen molar-refractivity contribution in [3.8, 4) is 0 Å². The lowest BCUT2D eigenvalue weighted by Gasteiger charge is -2.18. The summed E-state index contributed by atoms with van der Waals surface area (Å²) in [6.45, 7) is 4.49. The number of thioether (sulfide) groups is 1. The summed E-state index contributed by atoms with van der Waals surface area (Å²) in [5, 5.41) is 5.76. The predicted octanol–water partition coefficient (Wildman–Crippen LogP) is 4.30. The van der Waals surface area contributed by atoms with Gasteiger partial charge in [-0.2, -0.15) is 11.8 Å². The third-order valence-electron chi connectivity index (χ3n) is 2.30. The first-order chi connectivity index (χ1) is 7.13. The minimum Gasteiger partial charge on any atom is -0.307 e. The van der Waals surface area contributed by atoms with Crippen molar-refractivity contribution in [3.63, 3.8) is 0 Å². The van der Waals surface area contributed by atoms with Gasteiger partial charge in [-0.05, 0) is 54.3 Å². The molecule has 0 saturated carbocycles. The summed E-state index contributed by atoms with van der Waals surface area (Å²) in [6.07, 6.45) is 3.39. The summed E-state index contributed by atoms with van der Waals surface area (Å²) in [6, 6.07) is 3.25. The zero-order valence-electron chi connectivity index (χ0n) is 9.42. The van der Waals surface area contributed by atoms with Gasteiger partial charge in [-0.3, -0.25) is 0 Å². The second-order valence-electron chi connectivity index (χ2n) is 3.74. The van der Waals surface area contributed by atoms with Gasteiger partial charge in [0.15, 0.2) is 0 Å². The Morgan fingerprint density at radius 2 is 2.27 bits per heavy atom. The fourth-order valence-corrected chi connectivity index (χ4v) is 3.49. The van der Waals surface area contributed by atoms with Crippen LogP contribution < -0.4 is 5.32 Å². The maximum Gasteiger partial charge on any atom is 0.0388 e. The molecule has 15 heavy (non-hydrogen) atoms. The molecule has 0 amide bonds. The monoisotopic (exact) mass is 307 g/mol. The van der Waals surface area contributed by atoms with Crippen LogP contribution in [0.2, 0.25) is 0 Å². The lowest BCUT2D eigenvalue weighted by molar-refractivity contribution is 0.476. The summed E-state index contributed by atoms with van der Waals surface area (Å²) in [5.41, 5.74) is 0.